The Kier molecular flexibility index (Phi) is 6.03. The van der Waals surface area contributed by atoms with Gasteiger partial charge in [-0.05, 0) is 66.8 Å². The van der Waals surface area contributed by atoms with Crippen LogP contribution in [0.3, 0.4) is 0 Å². The molecule has 2 aromatic carbocycles. The summed E-state index contributed by atoms with van der Waals surface area (Å²) in [4.78, 5) is 12.6. The molecule has 0 unspecified atom stereocenters. The van der Waals surface area contributed by atoms with Crippen molar-refractivity contribution < 1.29 is 13.2 Å². The van der Waals surface area contributed by atoms with E-state index in [9.17, 15) is 13.2 Å². The van der Waals surface area contributed by atoms with Gasteiger partial charge in [-0.1, -0.05) is 29.8 Å². The molecule has 0 aliphatic carbocycles. The van der Waals surface area contributed by atoms with Gasteiger partial charge in [-0.15, -0.1) is 0 Å². The summed E-state index contributed by atoms with van der Waals surface area (Å²) in [5.74, 6) is 0.417. The van der Waals surface area contributed by atoms with Gasteiger partial charge < -0.3 is 5.32 Å². The molecule has 144 valence electrons. The third-order valence-electron chi connectivity index (χ3n) is 4.69. The normalized spacial score (nSPS) is 21.0. The first-order chi connectivity index (χ1) is 12.8. The van der Waals surface area contributed by atoms with Gasteiger partial charge in [0.25, 0.3) is 5.91 Å². The van der Waals surface area contributed by atoms with Gasteiger partial charge in [-0.25, -0.2) is 8.42 Å². The SMILES string of the molecule is C[C@@H]1C[C@H](C)CN(S(=O)(=O)c2ccc(C(=O)Nc3ccc(Br)cc3)cc2)C1. The van der Waals surface area contributed by atoms with Crippen molar-refractivity contribution in [3.05, 3.63) is 58.6 Å². The fourth-order valence-electron chi connectivity index (χ4n) is 3.47. The van der Waals surface area contributed by atoms with Crippen LogP contribution < -0.4 is 5.32 Å². The van der Waals surface area contributed by atoms with Gasteiger partial charge in [0.05, 0.1) is 4.90 Å². The summed E-state index contributed by atoms with van der Waals surface area (Å²) >= 11 is 3.35. The average Bonchev–Trinajstić information content (AvgIpc) is 2.63. The van der Waals surface area contributed by atoms with Crippen molar-refractivity contribution in [1.82, 2.24) is 4.31 Å². The molecular weight excluding hydrogens is 428 g/mol. The molecule has 3 rings (SSSR count). The molecular formula is C20H23BrN2O3S. The topological polar surface area (TPSA) is 66.5 Å². The molecule has 0 bridgehead atoms. The van der Waals surface area contributed by atoms with E-state index in [1.165, 1.54) is 12.1 Å². The molecule has 1 aliphatic heterocycles. The van der Waals surface area contributed by atoms with Crippen LogP contribution in [0.15, 0.2) is 57.9 Å². The maximum absolute atomic E-state index is 12.9. The number of piperidine rings is 1. The number of rotatable bonds is 4. The predicted molar refractivity (Wildman–Crippen MR) is 110 cm³/mol. The first kappa shape index (κ1) is 20.0. The third-order valence-corrected chi connectivity index (χ3v) is 7.07. The van der Waals surface area contributed by atoms with Crippen molar-refractivity contribution in [2.45, 2.75) is 25.2 Å². The zero-order valence-corrected chi connectivity index (χ0v) is 17.8. The highest BCUT2D eigenvalue weighted by atomic mass is 79.9. The molecule has 0 spiro atoms. The minimum atomic E-state index is -3.54. The highest BCUT2D eigenvalue weighted by molar-refractivity contribution is 9.10. The smallest absolute Gasteiger partial charge is 0.255 e. The highest BCUT2D eigenvalue weighted by Crippen LogP contribution is 2.27. The number of amides is 1. The molecule has 2 aromatic rings. The quantitative estimate of drug-likeness (QED) is 0.751. The Balaban J connectivity index is 1.74. The van der Waals surface area contributed by atoms with E-state index in [1.807, 2.05) is 12.1 Å². The van der Waals surface area contributed by atoms with Gasteiger partial charge in [0, 0.05) is 28.8 Å². The minimum Gasteiger partial charge on any atom is -0.322 e. The minimum absolute atomic E-state index is 0.226. The average molecular weight is 451 g/mol. The summed E-state index contributed by atoms with van der Waals surface area (Å²) < 4.78 is 28.3. The van der Waals surface area contributed by atoms with Crippen molar-refractivity contribution in [2.24, 2.45) is 11.8 Å². The van der Waals surface area contributed by atoms with Crippen molar-refractivity contribution in [1.29, 1.82) is 0 Å². The van der Waals surface area contributed by atoms with E-state index in [0.29, 0.717) is 36.2 Å². The molecule has 27 heavy (non-hydrogen) atoms. The van der Waals surface area contributed by atoms with Crippen LogP contribution in [-0.4, -0.2) is 31.7 Å². The Morgan fingerprint density at radius 3 is 2.11 bits per heavy atom. The van der Waals surface area contributed by atoms with Crippen LogP contribution in [0, 0.1) is 11.8 Å². The molecule has 0 radical (unpaired) electrons. The Labute approximate surface area is 169 Å². The fourth-order valence-corrected chi connectivity index (χ4v) is 5.41. The van der Waals surface area contributed by atoms with Crippen LogP contribution in [0.4, 0.5) is 5.69 Å². The van der Waals surface area contributed by atoms with Gasteiger partial charge in [0.1, 0.15) is 0 Å². The lowest BCUT2D eigenvalue weighted by Gasteiger charge is -2.34. The second-order valence-electron chi connectivity index (χ2n) is 7.25. The van der Waals surface area contributed by atoms with Crippen molar-refractivity contribution >= 4 is 37.5 Å². The summed E-state index contributed by atoms with van der Waals surface area (Å²) in [5.41, 5.74) is 1.09. The summed E-state index contributed by atoms with van der Waals surface area (Å²) in [6.07, 6.45) is 1.04. The van der Waals surface area contributed by atoms with Gasteiger partial charge in [-0.2, -0.15) is 4.31 Å². The van der Waals surface area contributed by atoms with E-state index in [0.717, 1.165) is 10.9 Å². The highest BCUT2D eigenvalue weighted by Gasteiger charge is 2.31. The first-order valence-electron chi connectivity index (χ1n) is 8.93. The van der Waals surface area contributed by atoms with Crippen LogP contribution in [0.2, 0.25) is 0 Å². The number of sulfonamides is 1. The van der Waals surface area contributed by atoms with E-state index in [1.54, 1.807) is 28.6 Å². The van der Waals surface area contributed by atoms with E-state index in [-0.39, 0.29) is 10.8 Å². The second kappa shape index (κ2) is 8.12. The van der Waals surface area contributed by atoms with Crippen LogP contribution in [-0.2, 0) is 10.0 Å². The van der Waals surface area contributed by atoms with E-state index < -0.39 is 10.0 Å². The molecule has 2 atom stereocenters. The molecule has 1 N–H and O–H groups in total. The Hall–Kier alpha value is -1.70. The number of carbonyl (C=O) groups excluding carboxylic acids is 1. The zero-order valence-electron chi connectivity index (χ0n) is 15.4. The Morgan fingerprint density at radius 2 is 1.56 bits per heavy atom. The summed E-state index contributed by atoms with van der Waals surface area (Å²) in [6, 6.07) is 13.4. The van der Waals surface area contributed by atoms with E-state index in [2.05, 4.69) is 35.1 Å². The van der Waals surface area contributed by atoms with E-state index >= 15 is 0 Å². The van der Waals surface area contributed by atoms with Crippen molar-refractivity contribution in [2.75, 3.05) is 18.4 Å². The van der Waals surface area contributed by atoms with Crippen molar-refractivity contribution in [3.8, 4) is 0 Å². The van der Waals surface area contributed by atoms with Crippen LogP contribution in [0.1, 0.15) is 30.6 Å². The fraction of sp³-hybridized carbons (Fsp3) is 0.350. The number of benzene rings is 2. The lowest BCUT2D eigenvalue weighted by molar-refractivity contribution is 0.102. The zero-order chi connectivity index (χ0) is 19.6. The molecule has 1 aliphatic rings. The summed E-state index contributed by atoms with van der Waals surface area (Å²) in [6.45, 7) is 5.23. The van der Waals surface area contributed by atoms with Gasteiger partial charge >= 0.3 is 0 Å². The summed E-state index contributed by atoms with van der Waals surface area (Å²) in [7, 11) is -3.54. The van der Waals surface area contributed by atoms with Gasteiger partial charge in [0.2, 0.25) is 10.0 Å². The van der Waals surface area contributed by atoms with Crippen LogP contribution in [0.25, 0.3) is 0 Å². The molecule has 0 saturated carbocycles. The number of nitrogens with one attached hydrogen (secondary N) is 1. The maximum atomic E-state index is 12.9. The molecule has 5 nitrogen and oxygen atoms in total. The van der Waals surface area contributed by atoms with Crippen LogP contribution >= 0.6 is 15.9 Å². The third kappa shape index (κ3) is 4.78. The number of nitrogens with zero attached hydrogens (tertiary/aromatic N) is 1. The molecule has 1 saturated heterocycles. The monoisotopic (exact) mass is 450 g/mol. The predicted octanol–water partition coefficient (Wildman–Crippen LogP) is 4.37. The summed E-state index contributed by atoms with van der Waals surface area (Å²) in [5, 5.41) is 2.80. The maximum Gasteiger partial charge on any atom is 0.255 e. The lowest BCUT2D eigenvalue weighted by atomic mass is 9.94. The number of hydrogen-bond donors (Lipinski definition) is 1. The molecule has 1 heterocycles. The van der Waals surface area contributed by atoms with Gasteiger partial charge in [0.15, 0.2) is 0 Å². The molecule has 7 heteroatoms. The Bertz CT molecular complexity index is 901. The van der Waals surface area contributed by atoms with Gasteiger partial charge in [-0.3, -0.25) is 4.79 Å². The molecule has 1 fully saturated rings. The molecule has 1 amide bonds. The number of carbonyl (C=O) groups is 1. The largest absolute Gasteiger partial charge is 0.322 e. The Morgan fingerprint density at radius 1 is 1.00 bits per heavy atom. The number of halogens is 1. The first-order valence-corrected chi connectivity index (χ1v) is 11.2. The number of hydrogen-bond acceptors (Lipinski definition) is 3. The van der Waals surface area contributed by atoms with E-state index in [4.69, 9.17) is 0 Å². The second-order valence-corrected chi connectivity index (χ2v) is 10.1. The molecule has 0 aromatic heterocycles. The lowest BCUT2D eigenvalue weighted by Crippen LogP contribution is -2.42. The number of anilines is 1. The van der Waals surface area contributed by atoms with Crippen LogP contribution in [0.5, 0.6) is 0 Å². The van der Waals surface area contributed by atoms with Crippen molar-refractivity contribution in [3.63, 3.8) is 0 Å². The standard InChI is InChI=1S/C20H23BrN2O3S/c1-14-11-15(2)13-23(12-14)27(25,26)19-9-3-16(4-10-19)20(24)22-18-7-5-17(21)6-8-18/h3-10,14-15H,11-13H2,1-2H3,(H,22,24)/t14-,15+.